The molecule has 0 aromatic carbocycles. The summed E-state index contributed by atoms with van der Waals surface area (Å²) in [5, 5.41) is 3.52. The molecule has 0 aliphatic heterocycles. The van der Waals surface area contributed by atoms with E-state index in [1.54, 1.807) is 0 Å². The molecule has 0 radical (unpaired) electrons. The fourth-order valence-corrected chi connectivity index (χ4v) is 0.756. The van der Waals surface area contributed by atoms with Crippen molar-refractivity contribution in [1.82, 2.24) is 4.90 Å². The van der Waals surface area contributed by atoms with Crippen LogP contribution in [0.15, 0.2) is 10.1 Å². The van der Waals surface area contributed by atoms with Crippen LogP contribution in [0.1, 0.15) is 20.3 Å². The van der Waals surface area contributed by atoms with Gasteiger partial charge in [0.1, 0.15) is 18.8 Å². The van der Waals surface area contributed by atoms with Gasteiger partial charge in [-0.1, -0.05) is 6.92 Å². The maximum absolute atomic E-state index is 4.71. The van der Waals surface area contributed by atoms with Crippen molar-refractivity contribution < 1.29 is 4.84 Å². The first-order chi connectivity index (χ1) is 5.72. The van der Waals surface area contributed by atoms with Gasteiger partial charge in [0.05, 0.1) is 0 Å². The fraction of sp³-hybridized carbons (Fsp3) is 0.875. The molecule has 0 aromatic rings. The van der Waals surface area contributed by atoms with E-state index in [9.17, 15) is 0 Å². The predicted octanol–water partition coefficient (Wildman–Crippen LogP) is 1.41. The molecule has 1 unspecified atom stereocenters. The van der Waals surface area contributed by atoms with E-state index in [4.69, 9.17) is 4.84 Å². The molecule has 0 saturated heterocycles. The molecule has 0 aliphatic rings. The quantitative estimate of drug-likeness (QED) is 0.463. The van der Waals surface area contributed by atoms with E-state index in [1.165, 1.54) is 0 Å². The van der Waals surface area contributed by atoms with E-state index < -0.39 is 0 Å². The summed E-state index contributed by atoms with van der Waals surface area (Å²) in [5.41, 5.74) is 0. The van der Waals surface area contributed by atoms with Gasteiger partial charge in [-0.15, -0.1) is 0 Å². The van der Waals surface area contributed by atoms with E-state index in [1.807, 2.05) is 25.9 Å². The summed E-state index contributed by atoms with van der Waals surface area (Å²) in [6, 6.07) is 2.50. The van der Waals surface area contributed by atoms with E-state index in [-0.39, 0.29) is 6.17 Å². The normalized spacial score (nSPS) is 12.1. The van der Waals surface area contributed by atoms with Crippen molar-refractivity contribution in [2.75, 3.05) is 20.7 Å². The standard InChI is InChI=1S/C8H17N3O/c1-5-8(11(3)4)9-7-10-12-6-2/h8H,5-6H2,1-4H3. The Labute approximate surface area is 73.9 Å². The molecular weight excluding hydrogens is 154 g/mol. The van der Waals surface area contributed by atoms with Crippen LogP contribution in [0.2, 0.25) is 0 Å². The second kappa shape index (κ2) is 6.83. The van der Waals surface area contributed by atoms with Gasteiger partial charge in [-0.05, 0) is 32.6 Å². The largest absolute Gasteiger partial charge is 0.388 e. The van der Waals surface area contributed by atoms with E-state index in [0.29, 0.717) is 6.61 Å². The van der Waals surface area contributed by atoms with Crippen LogP contribution in [0.5, 0.6) is 0 Å². The van der Waals surface area contributed by atoms with Crippen LogP contribution >= 0.6 is 0 Å². The summed E-state index contributed by atoms with van der Waals surface area (Å²) in [4.78, 5) is 10.8. The summed E-state index contributed by atoms with van der Waals surface area (Å²) in [6.07, 6.45) is 1.09. The highest BCUT2D eigenvalue weighted by atomic mass is 16.6. The maximum Gasteiger partial charge on any atom is 0.137 e. The van der Waals surface area contributed by atoms with Crippen molar-refractivity contribution in [3.05, 3.63) is 0 Å². The minimum Gasteiger partial charge on any atom is -0.388 e. The van der Waals surface area contributed by atoms with Gasteiger partial charge in [0.2, 0.25) is 0 Å². The molecule has 0 saturated carbocycles. The van der Waals surface area contributed by atoms with Gasteiger partial charge in [0, 0.05) is 0 Å². The zero-order valence-electron chi connectivity index (χ0n) is 8.24. The van der Waals surface area contributed by atoms with Gasteiger partial charge >= 0.3 is 0 Å². The van der Waals surface area contributed by atoms with Crippen molar-refractivity contribution in [3.63, 3.8) is 0 Å². The highest BCUT2D eigenvalue weighted by molar-refractivity contribution is 5.40. The molecule has 0 aliphatic carbocycles. The molecule has 4 heteroatoms. The number of nitrogens with zero attached hydrogens (tertiary/aromatic N) is 3. The Hall–Kier alpha value is -0.860. The van der Waals surface area contributed by atoms with Crippen molar-refractivity contribution >= 4 is 6.01 Å². The zero-order valence-corrected chi connectivity index (χ0v) is 8.24. The van der Waals surface area contributed by atoms with Crippen LogP contribution < -0.4 is 0 Å². The Kier molecular flexibility index (Phi) is 6.34. The maximum atomic E-state index is 4.71. The second-order valence-electron chi connectivity index (χ2n) is 2.59. The van der Waals surface area contributed by atoms with Crippen LogP contribution in [0, 0.1) is 0 Å². The van der Waals surface area contributed by atoms with Gasteiger partial charge in [-0.3, -0.25) is 4.90 Å². The molecule has 0 amide bonds. The molecule has 0 spiro atoms. The average Bonchev–Trinajstić information content (AvgIpc) is 2.04. The summed E-state index contributed by atoms with van der Waals surface area (Å²) in [7, 11) is 3.94. The third kappa shape index (κ3) is 4.88. The van der Waals surface area contributed by atoms with Gasteiger partial charge in [-0.2, -0.15) is 0 Å². The Balaban J connectivity index is 3.91. The van der Waals surface area contributed by atoms with Crippen LogP contribution in [0.4, 0.5) is 0 Å². The van der Waals surface area contributed by atoms with Crippen molar-refractivity contribution in [2.45, 2.75) is 26.4 Å². The first-order valence-corrected chi connectivity index (χ1v) is 4.15. The lowest BCUT2D eigenvalue weighted by atomic mass is 10.4. The Morgan fingerprint density at radius 2 is 2.08 bits per heavy atom. The van der Waals surface area contributed by atoms with Crippen LogP contribution in [-0.2, 0) is 4.84 Å². The first-order valence-electron chi connectivity index (χ1n) is 4.15. The highest BCUT2D eigenvalue weighted by Crippen LogP contribution is 1.98. The SMILES string of the molecule is CCON=C=NC(CC)N(C)C. The van der Waals surface area contributed by atoms with Gasteiger partial charge in [-0.25, -0.2) is 4.99 Å². The van der Waals surface area contributed by atoms with E-state index in [0.717, 1.165) is 6.42 Å². The zero-order chi connectivity index (χ0) is 9.40. The smallest absolute Gasteiger partial charge is 0.137 e. The summed E-state index contributed by atoms with van der Waals surface area (Å²) < 4.78 is 0. The fourth-order valence-electron chi connectivity index (χ4n) is 0.756. The Morgan fingerprint density at radius 1 is 1.42 bits per heavy atom. The van der Waals surface area contributed by atoms with Crippen LogP contribution in [-0.4, -0.2) is 37.8 Å². The highest BCUT2D eigenvalue weighted by Gasteiger charge is 2.03. The van der Waals surface area contributed by atoms with E-state index >= 15 is 0 Å². The lowest BCUT2D eigenvalue weighted by Crippen LogP contribution is -2.24. The molecule has 0 rings (SSSR count). The van der Waals surface area contributed by atoms with Crippen LogP contribution in [0.3, 0.4) is 0 Å². The third-order valence-electron chi connectivity index (χ3n) is 1.40. The Morgan fingerprint density at radius 3 is 2.50 bits per heavy atom. The number of hydrogen-bond acceptors (Lipinski definition) is 4. The monoisotopic (exact) mass is 171 g/mol. The average molecular weight is 171 g/mol. The molecule has 1 atom stereocenters. The lowest BCUT2D eigenvalue weighted by molar-refractivity contribution is 0.160. The minimum atomic E-state index is 0.147. The summed E-state index contributed by atoms with van der Waals surface area (Å²) in [5.74, 6) is 0. The van der Waals surface area contributed by atoms with Crippen LogP contribution in [0.25, 0.3) is 0 Å². The molecule has 0 bridgehead atoms. The van der Waals surface area contributed by atoms with E-state index in [2.05, 4.69) is 23.1 Å². The molecule has 0 fully saturated rings. The molecule has 0 heterocycles. The summed E-state index contributed by atoms with van der Waals surface area (Å²) >= 11 is 0. The van der Waals surface area contributed by atoms with Gasteiger partial charge < -0.3 is 4.84 Å². The van der Waals surface area contributed by atoms with Crippen molar-refractivity contribution in [1.29, 1.82) is 0 Å². The molecule has 4 nitrogen and oxygen atoms in total. The summed E-state index contributed by atoms with van der Waals surface area (Å²) in [6.45, 7) is 4.49. The molecule has 0 aromatic heterocycles. The number of aliphatic imine (C=N–C) groups is 1. The van der Waals surface area contributed by atoms with Gasteiger partial charge in [0.25, 0.3) is 0 Å². The second-order valence-corrected chi connectivity index (χ2v) is 2.59. The molecular formula is C8H17N3O. The number of hydrogen-bond donors (Lipinski definition) is 0. The minimum absolute atomic E-state index is 0.147. The van der Waals surface area contributed by atoms with Gasteiger partial charge in [0.15, 0.2) is 0 Å². The molecule has 0 N–H and O–H groups in total. The third-order valence-corrected chi connectivity index (χ3v) is 1.40. The number of rotatable bonds is 5. The molecule has 70 valence electrons. The lowest BCUT2D eigenvalue weighted by Gasteiger charge is -2.15. The first kappa shape index (κ1) is 11.1. The molecule has 12 heavy (non-hydrogen) atoms. The van der Waals surface area contributed by atoms with Crippen molar-refractivity contribution in [3.8, 4) is 0 Å². The van der Waals surface area contributed by atoms with Crippen molar-refractivity contribution in [2.24, 2.45) is 10.1 Å². The topological polar surface area (TPSA) is 37.2 Å². The Bertz CT molecular complexity index is 162. The predicted molar refractivity (Wildman–Crippen MR) is 49.3 cm³/mol.